The molecule has 0 bridgehead atoms. The zero-order chi connectivity index (χ0) is 14.4. The van der Waals surface area contributed by atoms with Crippen molar-refractivity contribution in [2.45, 2.75) is 6.42 Å². The van der Waals surface area contributed by atoms with E-state index < -0.39 is 0 Å². The van der Waals surface area contributed by atoms with Gasteiger partial charge in [-0.25, -0.2) is 0 Å². The van der Waals surface area contributed by atoms with Gasteiger partial charge in [0.1, 0.15) is 5.75 Å². The number of ketones is 1. The molecule has 0 heterocycles. The van der Waals surface area contributed by atoms with Gasteiger partial charge in [0, 0.05) is 18.5 Å². The van der Waals surface area contributed by atoms with Crippen molar-refractivity contribution in [3.63, 3.8) is 0 Å². The maximum Gasteiger partial charge on any atom is 0.164 e. The van der Waals surface area contributed by atoms with Gasteiger partial charge in [-0.3, -0.25) is 4.79 Å². The quantitative estimate of drug-likeness (QED) is 0.819. The Labute approximate surface area is 119 Å². The lowest BCUT2D eigenvalue weighted by Crippen LogP contribution is -2.12. The molecule has 0 fully saturated rings. The van der Waals surface area contributed by atoms with Crippen molar-refractivity contribution in [2.75, 3.05) is 20.7 Å². The van der Waals surface area contributed by atoms with Crippen LogP contribution in [0.25, 0.3) is 11.1 Å². The average Bonchev–Trinajstić information content (AvgIpc) is 2.53. The molecule has 0 atom stereocenters. The van der Waals surface area contributed by atoms with Gasteiger partial charge in [0.25, 0.3) is 0 Å². The molecule has 0 saturated heterocycles. The van der Waals surface area contributed by atoms with Crippen LogP contribution in [-0.4, -0.2) is 26.5 Å². The van der Waals surface area contributed by atoms with Gasteiger partial charge in [0.15, 0.2) is 5.78 Å². The van der Waals surface area contributed by atoms with Crippen LogP contribution >= 0.6 is 0 Å². The molecule has 0 unspecified atom stereocenters. The molecule has 0 spiro atoms. The van der Waals surface area contributed by atoms with Crippen molar-refractivity contribution >= 4 is 5.78 Å². The minimum Gasteiger partial charge on any atom is -0.497 e. The summed E-state index contributed by atoms with van der Waals surface area (Å²) < 4.78 is 5.14. The second kappa shape index (κ2) is 6.87. The van der Waals surface area contributed by atoms with Gasteiger partial charge in [0.2, 0.25) is 0 Å². The zero-order valence-corrected chi connectivity index (χ0v) is 11.8. The summed E-state index contributed by atoms with van der Waals surface area (Å²) in [6.45, 7) is 0.707. The van der Waals surface area contributed by atoms with Crippen molar-refractivity contribution < 1.29 is 9.53 Å². The molecule has 20 heavy (non-hydrogen) atoms. The molecule has 0 radical (unpaired) electrons. The third kappa shape index (κ3) is 3.45. The maximum absolute atomic E-state index is 11.9. The first-order chi connectivity index (χ1) is 9.74. The number of hydrogen-bond donors (Lipinski definition) is 1. The minimum absolute atomic E-state index is 0.167. The van der Waals surface area contributed by atoms with Crippen LogP contribution in [0.4, 0.5) is 0 Å². The minimum atomic E-state index is 0.167. The van der Waals surface area contributed by atoms with Crippen LogP contribution in [0.15, 0.2) is 48.5 Å². The van der Waals surface area contributed by atoms with E-state index in [0.717, 1.165) is 22.4 Å². The van der Waals surface area contributed by atoms with Gasteiger partial charge in [-0.05, 0) is 30.3 Å². The Hall–Kier alpha value is -2.13. The van der Waals surface area contributed by atoms with Gasteiger partial charge in [-0.15, -0.1) is 0 Å². The highest BCUT2D eigenvalue weighted by Crippen LogP contribution is 2.22. The molecule has 0 saturated carbocycles. The van der Waals surface area contributed by atoms with Gasteiger partial charge in [-0.2, -0.15) is 0 Å². The SMILES string of the molecule is CNCCC(=O)c1ccc(-c2ccc(OC)cc2)cc1. The first kappa shape index (κ1) is 14.3. The molecule has 2 rings (SSSR count). The number of nitrogens with one attached hydrogen (secondary N) is 1. The average molecular weight is 269 g/mol. The molecule has 104 valence electrons. The Morgan fingerprint density at radius 2 is 1.55 bits per heavy atom. The number of hydrogen-bond acceptors (Lipinski definition) is 3. The normalized spacial score (nSPS) is 10.3. The van der Waals surface area contributed by atoms with Crippen molar-refractivity contribution in [2.24, 2.45) is 0 Å². The molecular formula is C17H19NO2. The topological polar surface area (TPSA) is 38.3 Å². The lowest BCUT2D eigenvalue weighted by atomic mass is 10.0. The summed E-state index contributed by atoms with van der Waals surface area (Å²) >= 11 is 0. The summed E-state index contributed by atoms with van der Waals surface area (Å²) in [5.74, 6) is 1.01. The smallest absolute Gasteiger partial charge is 0.164 e. The largest absolute Gasteiger partial charge is 0.497 e. The van der Waals surface area contributed by atoms with Crippen LogP contribution in [0.3, 0.4) is 0 Å². The Morgan fingerprint density at radius 1 is 1.00 bits per heavy atom. The fourth-order valence-corrected chi connectivity index (χ4v) is 2.01. The highest BCUT2D eigenvalue weighted by molar-refractivity contribution is 5.96. The van der Waals surface area contributed by atoms with E-state index in [2.05, 4.69) is 5.32 Å². The number of benzene rings is 2. The zero-order valence-electron chi connectivity index (χ0n) is 11.8. The molecule has 0 aliphatic carbocycles. The summed E-state index contributed by atoms with van der Waals surface area (Å²) in [6, 6.07) is 15.6. The van der Waals surface area contributed by atoms with Crippen molar-refractivity contribution in [1.82, 2.24) is 5.32 Å². The van der Waals surface area contributed by atoms with Crippen LogP contribution < -0.4 is 10.1 Å². The Morgan fingerprint density at radius 3 is 2.05 bits per heavy atom. The number of methoxy groups -OCH3 is 1. The van der Waals surface area contributed by atoms with E-state index in [9.17, 15) is 4.79 Å². The summed E-state index contributed by atoms with van der Waals surface area (Å²) in [5.41, 5.74) is 2.97. The summed E-state index contributed by atoms with van der Waals surface area (Å²) in [7, 11) is 3.50. The molecule has 0 aromatic heterocycles. The second-order valence-electron chi connectivity index (χ2n) is 4.58. The highest BCUT2D eigenvalue weighted by Gasteiger charge is 2.05. The number of carbonyl (C=O) groups excluding carboxylic acids is 1. The van der Waals surface area contributed by atoms with E-state index in [4.69, 9.17) is 4.74 Å². The van der Waals surface area contributed by atoms with Crippen LogP contribution in [0.5, 0.6) is 5.75 Å². The van der Waals surface area contributed by atoms with Crippen LogP contribution in [0.1, 0.15) is 16.8 Å². The van der Waals surface area contributed by atoms with Crippen LogP contribution in [0, 0.1) is 0 Å². The Bertz CT molecular complexity index is 559. The van der Waals surface area contributed by atoms with Gasteiger partial charge in [0.05, 0.1) is 7.11 Å². The summed E-state index contributed by atoms with van der Waals surface area (Å²) in [6.07, 6.45) is 0.526. The van der Waals surface area contributed by atoms with Gasteiger partial charge >= 0.3 is 0 Å². The Kier molecular flexibility index (Phi) is 4.91. The number of ether oxygens (including phenoxy) is 1. The second-order valence-corrected chi connectivity index (χ2v) is 4.58. The van der Waals surface area contributed by atoms with E-state index in [0.29, 0.717) is 13.0 Å². The van der Waals surface area contributed by atoms with Crippen molar-refractivity contribution in [1.29, 1.82) is 0 Å². The molecule has 0 aliphatic heterocycles. The fraction of sp³-hybridized carbons (Fsp3) is 0.235. The first-order valence-electron chi connectivity index (χ1n) is 6.67. The lowest BCUT2D eigenvalue weighted by molar-refractivity contribution is 0.0983. The maximum atomic E-state index is 11.9. The predicted octanol–water partition coefficient (Wildman–Crippen LogP) is 3.15. The third-order valence-electron chi connectivity index (χ3n) is 3.23. The molecular weight excluding hydrogens is 250 g/mol. The first-order valence-corrected chi connectivity index (χ1v) is 6.67. The van der Waals surface area contributed by atoms with Crippen molar-refractivity contribution in [3.05, 3.63) is 54.1 Å². The number of Topliss-reactive ketones (excluding diaryl/α,β-unsaturated/α-hetero) is 1. The molecule has 0 amide bonds. The lowest BCUT2D eigenvalue weighted by Gasteiger charge is -2.05. The Balaban J connectivity index is 2.12. The summed E-state index contributed by atoms with van der Waals surface area (Å²) in [5, 5.41) is 2.98. The van der Waals surface area contributed by atoms with E-state index >= 15 is 0 Å². The molecule has 3 heteroatoms. The molecule has 2 aromatic carbocycles. The standard InChI is InChI=1S/C17H19NO2/c1-18-12-11-17(19)15-5-3-13(4-6-15)14-7-9-16(20-2)10-8-14/h3-10,18H,11-12H2,1-2H3. The van der Waals surface area contributed by atoms with Gasteiger partial charge in [-0.1, -0.05) is 36.4 Å². The predicted molar refractivity (Wildman–Crippen MR) is 81.3 cm³/mol. The highest BCUT2D eigenvalue weighted by atomic mass is 16.5. The molecule has 3 nitrogen and oxygen atoms in total. The van der Waals surface area contributed by atoms with Crippen molar-refractivity contribution in [3.8, 4) is 16.9 Å². The molecule has 1 N–H and O–H groups in total. The fourth-order valence-electron chi connectivity index (χ4n) is 2.01. The van der Waals surface area contributed by atoms with E-state index in [1.165, 1.54) is 0 Å². The van der Waals surface area contributed by atoms with E-state index in [-0.39, 0.29) is 5.78 Å². The van der Waals surface area contributed by atoms with Crippen LogP contribution in [-0.2, 0) is 0 Å². The monoisotopic (exact) mass is 269 g/mol. The summed E-state index contributed by atoms with van der Waals surface area (Å²) in [4.78, 5) is 11.9. The van der Waals surface area contributed by atoms with E-state index in [1.807, 2.05) is 55.6 Å². The molecule has 0 aliphatic rings. The van der Waals surface area contributed by atoms with E-state index in [1.54, 1.807) is 7.11 Å². The number of carbonyl (C=O) groups is 1. The molecule has 2 aromatic rings. The third-order valence-corrected chi connectivity index (χ3v) is 3.23. The number of rotatable bonds is 6. The van der Waals surface area contributed by atoms with Crippen LogP contribution in [0.2, 0.25) is 0 Å². The van der Waals surface area contributed by atoms with Gasteiger partial charge < -0.3 is 10.1 Å².